The molecule has 0 radical (unpaired) electrons. The van der Waals surface area contributed by atoms with Crippen LogP contribution in [0.3, 0.4) is 0 Å². The van der Waals surface area contributed by atoms with Crippen molar-refractivity contribution in [2.75, 3.05) is 12.3 Å². The summed E-state index contributed by atoms with van der Waals surface area (Å²) in [4.78, 5) is 27.0. The Balaban J connectivity index is 2.08. The van der Waals surface area contributed by atoms with Crippen LogP contribution in [-0.4, -0.2) is 28.5 Å². The smallest absolute Gasteiger partial charge is 0.306 e. The quantitative estimate of drug-likeness (QED) is 0.775. The fourth-order valence-electron chi connectivity index (χ4n) is 1.93. The van der Waals surface area contributed by atoms with Crippen LogP contribution >= 0.6 is 0 Å². The lowest BCUT2D eigenvalue weighted by atomic mass is 10.1. The molecule has 1 unspecified atom stereocenters. The Kier molecular flexibility index (Phi) is 4.37. The van der Waals surface area contributed by atoms with Crippen LogP contribution in [0.1, 0.15) is 23.8 Å². The fourth-order valence-corrected chi connectivity index (χ4v) is 1.93. The number of nitrogen functional groups attached to an aromatic ring is 1. The Hall–Kier alpha value is -2.63. The number of carboxylic acid groups (broad SMARTS) is 1. The number of nitrogens with zero attached hydrogens (tertiary/aromatic N) is 1. The van der Waals surface area contributed by atoms with Gasteiger partial charge in [0, 0.05) is 17.6 Å². The van der Waals surface area contributed by atoms with Crippen molar-refractivity contribution >= 4 is 28.5 Å². The summed E-state index contributed by atoms with van der Waals surface area (Å²) in [6, 6.07) is 8.83. The third kappa shape index (κ3) is 3.47. The lowest BCUT2D eigenvalue weighted by Gasteiger charge is -2.09. The maximum absolute atomic E-state index is 12.0. The number of nitrogens with one attached hydrogen (secondary N) is 1. The van der Waals surface area contributed by atoms with Gasteiger partial charge in [-0.15, -0.1) is 0 Å². The number of hydrogen-bond acceptors (Lipinski definition) is 4. The Morgan fingerprint density at radius 3 is 2.81 bits per heavy atom. The zero-order valence-electron chi connectivity index (χ0n) is 11.7. The first-order valence-electron chi connectivity index (χ1n) is 6.65. The summed E-state index contributed by atoms with van der Waals surface area (Å²) >= 11 is 0. The molecule has 2 rings (SSSR count). The van der Waals surface area contributed by atoms with Crippen LogP contribution in [0, 0.1) is 5.92 Å². The van der Waals surface area contributed by atoms with Gasteiger partial charge in [-0.25, -0.2) is 4.98 Å². The molecule has 0 aliphatic heterocycles. The lowest BCUT2D eigenvalue weighted by molar-refractivity contribution is -0.141. The van der Waals surface area contributed by atoms with Crippen LogP contribution in [-0.2, 0) is 4.79 Å². The van der Waals surface area contributed by atoms with E-state index in [4.69, 9.17) is 10.8 Å². The average molecular weight is 287 g/mol. The van der Waals surface area contributed by atoms with E-state index in [9.17, 15) is 9.59 Å². The molecule has 0 aliphatic rings. The Labute approximate surface area is 122 Å². The van der Waals surface area contributed by atoms with E-state index in [-0.39, 0.29) is 18.1 Å². The minimum absolute atomic E-state index is 0.231. The van der Waals surface area contributed by atoms with Crippen molar-refractivity contribution in [3.63, 3.8) is 0 Å². The van der Waals surface area contributed by atoms with Crippen LogP contribution in [0.25, 0.3) is 10.9 Å². The summed E-state index contributed by atoms with van der Waals surface area (Å²) in [6.45, 7) is 1.88. The van der Waals surface area contributed by atoms with Gasteiger partial charge in [0.2, 0.25) is 0 Å². The highest BCUT2D eigenvalue weighted by Gasteiger charge is 2.13. The molecule has 1 aromatic heterocycles. The highest BCUT2D eigenvalue weighted by atomic mass is 16.4. The largest absolute Gasteiger partial charge is 0.481 e. The minimum Gasteiger partial charge on any atom is -0.481 e. The SMILES string of the molecule is CC(CCNC(=O)c1cc(N)c2ccccc2n1)C(=O)O. The van der Waals surface area contributed by atoms with Crippen LogP contribution in [0.5, 0.6) is 0 Å². The molecule has 1 aromatic carbocycles. The van der Waals surface area contributed by atoms with Gasteiger partial charge in [-0.05, 0) is 18.6 Å². The molecule has 1 amide bonds. The van der Waals surface area contributed by atoms with Gasteiger partial charge >= 0.3 is 5.97 Å². The van der Waals surface area contributed by atoms with Crippen molar-refractivity contribution in [2.45, 2.75) is 13.3 Å². The molecule has 2 aromatic rings. The minimum atomic E-state index is -0.877. The standard InChI is InChI=1S/C15H17N3O3/c1-9(15(20)21)6-7-17-14(19)13-8-11(16)10-4-2-3-5-12(10)18-13/h2-5,8-9H,6-7H2,1H3,(H2,16,18)(H,17,19)(H,20,21). The molecule has 0 saturated carbocycles. The number of pyridine rings is 1. The van der Waals surface area contributed by atoms with Gasteiger partial charge in [-0.3, -0.25) is 9.59 Å². The number of nitrogens with two attached hydrogens (primary N) is 1. The molecule has 6 heteroatoms. The van der Waals surface area contributed by atoms with Gasteiger partial charge in [-0.2, -0.15) is 0 Å². The number of para-hydroxylation sites is 1. The summed E-state index contributed by atoms with van der Waals surface area (Å²) < 4.78 is 0. The van der Waals surface area contributed by atoms with Crippen LogP contribution in [0.2, 0.25) is 0 Å². The zero-order chi connectivity index (χ0) is 15.4. The van der Waals surface area contributed by atoms with E-state index in [1.807, 2.05) is 18.2 Å². The fraction of sp³-hybridized carbons (Fsp3) is 0.267. The number of carbonyl (C=O) groups is 2. The summed E-state index contributed by atoms with van der Waals surface area (Å²) in [6.07, 6.45) is 0.365. The molecule has 0 aliphatic carbocycles. The van der Waals surface area contributed by atoms with Crippen molar-refractivity contribution in [2.24, 2.45) is 5.92 Å². The first kappa shape index (κ1) is 14.8. The number of anilines is 1. The number of carbonyl (C=O) groups excluding carboxylic acids is 1. The zero-order valence-corrected chi connectivity index (χ0v) is 11.7. The Bertz CT molecular complexity index is 685. The monoisotopic (exact) mass is 287 g/mol. The molecular formula is C15H17N3O3. The maximum Gasteiger partial charge on any atom is 0.306 e. The summed E-state index contributed by atoms with van der Waals surface area (Å²) in [7, 11) is 0. The van der Waals surface area contributed by atoms with Gasteiger partial charge in [-0.1, -0.05) is 25.1 Å². The van der Waals surface area contributed by atoms with Crippen molar-refractivity contribution < 1.29 is 14.7 Å². The topological polar surface area (TPSA) is 105 Å². The number of aliphatic carboxylic acids is 1. The number of aromatic nitrogens is 1. The summed E-state index contributed by atoms with van der Waals surface area (Å²) in [5.41, 5.74) is 7.29. The van der Waals surface area contributed by atoms with Gasteiger partial charge in [0.1, 0.15) is 5.69 Å². The van der Waals surface area contributed by atoms with Crippen molar-refractivity contribution in [1.29, 1.82) is 0 Å². The third-order valence-electron chi connectivity index (χ3n) is 3.27. The second-order valence-electron chi connectivity index (χ2n) is 4.90. The van der Waals surface area contributed by atoms with E-state index in [1.54, 1.807) is 13.0 Å². The second-order valence-corrected chi connectivity index (χ2v) is 4.90. The van der Waals surface area contributed by atoms with E-state index in [2.05, 4.69) is 10.3 Å². The molecular weight excluding hydrogens is 270 g/mol. The van der Waals surface area contributed by atoms with Crippen molar-refractivity contribution in [3.05, 3.63) is 36.0 Å². The first-order valence-corrected chi connectivity index (χ1v) is 6.65. The summed E-state index contributed by atoms with van der Waals surface area (Å²) in [5, 5.41) is 12.2. The Morgan fingerprint density at radius 2 is 2.10 bits per heavy atom. The van der Waals surface area contributed by atoms with Crippen molar-refractivity contribution in [3.8, 4) is 0 Å². The lowest BCUT2D eigenvalue weighted by Crippen LogP contribution is -2.27. The van der Waals surface area contributed by atoms with E-state index in [0.29, 0.717) is 17.6 Å². The van der Waals surface area contributed by atoms with E-state index in [1.165, 1.54) is 6.07 Å². The number of fused-ring (bicyclic) bond motifs is 1. The van der Waals surface area contributed by atoms with Crippen LogP contribution < -0.4 is 11.1 Å². The number of rotatable bonds is 5. The number of amides is 1. The molecule has 0 saturated heterocycles. The predicted molar refractivity (Wildman–Crippen MR) is 79.9 cm³/mol. The predicted octanol–water partition coefficient (Wildman–Crippen LogP) is 1.66. The third-order valence-corrected chi connectivity index (χ3v) is 3.27. The molecule has 6 nitrogen and oxygen atoms in total. The number of hydrogen-bond donors (Lipinski definition) is 3. The molecule has 1 heterocycles. The molecule has 1 atom stereocenters. The second kappa shape index (κ2) is 6.21. The van der Waals surface area contributed by atoms with Crippen LogP contribution in [0.4, 0.5) is 5.69 Å². The molecule has 21 heavy (non-hydrogen) atoms. The van der Waals surface area contributed by atoms with Gasteiger partial charge in [0.25, 0.3) is 5.91 Å². The van der Waals surface area contributed by atoms with E-state index in [0.717, 1.165) is 5.39 Å². The van der Waals surface area contributed by atoms with Crippen LogP contribution in [0.15, 0.2) is 30.3 Å². The summed E-state index contributed by atoms with van der Waals surface area (Å²) in [5.74, 6) is -1.73. The number of carboxylic acids is 1. The Morgan fingerprint density at radius 1 is 1.38 bits per heavy atom. The van der Waals surface area contributed by atoms with E-state index < -0.39 is 11.9 Å². The number of benzene rings is 1. The van der Waals surface area contributed by atoms with Crippen molar-refractivity contribution in [1.82, 2.24) is 10.3 Å². The highest BCUT2D eigenvalue weighted by Crippen LogP contribution is 2.19. The van der Waals surface area contributed by atoms with Gasteiger partial charge in [0.15, 0.2) is 0 Å². The van der Waals surface area contributed by atoms with Gasteiger partial charge in [0.05, 0.1) is 11.4 Å². The molecule has 0 fully saturated rings. The molecule has 0 spiro atoms. The normalized spacial score (nSPS) is 12.0. The van der Waals surface area contributed by atoms with Gasteiger partial charge < -0.3 is 16.2 Å². The first-order chi connectivity index (χ1) is 9.99. The molecule has 0 bridgehead atoms. The maximum atomic E-state index is 12.0. The van der Waals surface area contributed by atoms with E-state index >= 15 is 0 Å². The molecule has 110 valence electrons. The highest BCUT2D eigenvalue weighted by molar-refractivity contribution is 5.99. The molecule has 4 N–H and O–H groups in total. The average Bonchev–Trinajstić information content (AvgIpc) is 2.46.